The molecule has 2 aromatic carbocycles. The number of carboxylic acids is 1. The molecule has 1 aliphatic heterocycles. The molecule has 25 heavy (non-hydrogen) atoms. The molecule has 0 aromatic heterocycles. The second kappa shape index (κ2) is 6.60. The molecule has 2 aromatic rings. The molecule has 1 heterocycles. The molecule has 3 rings (SSSR count). The lowest BCUT2D eigenvalue weighted by Gasteiger charge is -2.27. The van der Waals surface area contributed by atoms with Gasteiger partial charge in [-0.25, -0.2) is 8.78 Å². The van der Waals surface area contributed by atoms with Gasteiger partial charge in [0.05, 0.1) is 11.4 Å². The smallest absolute Gasteiger partial charge is 0.316 e. The second-order valence-electron chi connectivity index (χ2n) is 5.43. The lowest BCUT2D eigenvalue weighted by atomic mass is 9.95. The number of carbonyl (C=O) groups excluding carboxylic acids is 1. The minimum absolute atomic E-state index is 0.135. The highest BCUT2D eigenvalue weighted by Crippen LogP contribution is 2.27. The van der Waals surface area contributed by atoms with Crippen molar-refractivity contribution in [1.29, 1.82) is 0 Å². The standard InChI is InChI=1S/C17H11ClF2N2O3/c18-10-3-1-9(2-4-10)15-8-14(17(24)25)16(23)22(21-15)13-6-11(19)5-12(20)7-13/h1-7,14H,8H2,(H,24,25). The molecule has 0 saturated carbocycles. The third kappa shape index (κ3) is 3.51. The molecule has 5 nitrogen and oxygen atoms in total. The van der Waals surface area contributed by atoms with Crippen molar-refractivity contribution in [2.24, 2.45) is 11.0 Å². The van der Waals surface area contributed by atoms with Gasteiger partial charge in [0, 0.05) is 17.5 Å². The maximum absolute atomic E-state index is 13.5. The Morgan fingerprint density at radius 2 is 1.76 bits per heavy atom. The van der Waals surface area contributed by atoms with Crippen LogP contribution in [0, 0.1) is 17.6 Å². The van der Waals surface area contributed by atoms with Gasteiger partial charge in [0.15, 0.2) is 0 Å². The Bertz CT molecular complexity index is 864. The molecule has 1 aliphatic rings. The van der Waals surface area contributed by atoms with Crippen LogP contribution in [0.4, 0.5) is 14.5 Å². The normalized spacial score (nSPS) is 17.4. The molecule has 1 N–H and O–H groups in total. The first-order chi connectivity index (χ1) is 11.8. The zero-order chi connectivity index (χ0) is 18.1. The van der Waals surface area contributed by atoms with Gasteiger partial charge in [-0.2, -0.15) is 10.1 Å². The number of aliphatic carboxylic acids is 1. The van der Waals surface area contributed by atoms with E-state index in [4.69, 9.17) is 11.6 Å². The Morgan fingerprint density at radius 1 is 1.16 bits per heavy atom. The lowest BCUT2D eigenvalue weighted by Crippen LogP contribution is -2.42. The van der Waals surface area contributed by atoms with Crippen LogP contribution in [0.3, 0.4) is 0 Å². The highest BCUT2D eigenvalue weighted by Gasteiger charge is 2.37. The molecular formula is C17H11ClF2N2O3. The summed E-state index contributed by atoms with van der Waals surface area (Å²) >= 11 is 5.83. The van der Waals surface area contributed by atoms with Crippen LogP contribution in [0.1, 0.15) is 12.0 Å². The Kier molecular flexibility index (Phi) is 4.50. The van der Waals surface area contributed by atoms with Crippen molar-refractivity contribution < 1.29 is 23.5 Å². The Balaban J connectivity index is 2.10. The molecule has 128 valence electrons. The third-order valence-corrected chi connectivity index (χ3v) is 3.94. The van der Waals surface area contributed by atoms with E-state index in [0.29, 0.717) is 22.4 Å². The van der Waals surface area contributed by atoms with E-state index in [9.17, 15) is 23.5 Å². The second-order valence-corrected chi connectivity index (χ2v) is 5.86. The van der Waals surface area contributed by atoms with Gasteiger partial charge in [0.1, 0.15) is 17.6 Å². The predicted octanol–water partition coefficient (Wildman–Crippen LogP) is 3.46. The summed E-state index contributed by atoms with van der Waals surface area (Å²) in [5.74, 6) is -5.41. The lowest BCUT2D eigenvalue weighted by molar-refractivity contribution is -0.146. The first-order valence-corrected chi connectivity index (χ1v) is 7.59. The highest BCUT2D eigenvalue weighted by atomic mass is 35.5. The fraction of sp³-hybridized carbons (Fsp3) is 0.118. The molecule has 0 fully saturated rings. The SMILES string of the molecule is O=C(O)C1CC(c2ccc(Cl)cc2)=NN(c2cc(F)cc(F)c2)C1=O. The number of benzene rings is 2. The van der Waals surface area contributed by atoms with Crippen molar-refractivity contribution in [2.75, 3.05) is 5.01 Å². The topological polar surface area (TPSA) is 70.0 Å². The van der Waals surface area contributed by atoms with Crippen LogP contribution in [0.5, 0.6) is 0 Å². The van der Waals surface area contributed by atoms with Crippen LogP contribution >= 0.6 is 11.6 Å². The molecule has 0 saturated heterocycles. The van der Waals surface area contributed by atoms with Gasteiger partial charge in [-0.15, -0.1) is 0 Å². The molecule has 1 unspecified atom stereocenters. The summed E-state index contributed by atoms with van der Waals surface area (Å²) in [6.07, 6.45) is -0.135. The van der Waals surface area contributed by atoms with Gasteiger partial charge in [0.2, 0.25) is 0 Å². The van der Waals surface area contributed by atoms with Gasteiger partial charge >= 0.3 is 5.97 Å². The number of carboxylic acid groups (broad SMARTS) is 1. The number of amides is 1. The maximum atomic E-state index is 13.5. The van der Waals surface area contributed by atoms with Crippen molar-refractivity contribution >= 4 is 34.9 Å². The minimum Gasteiger partial charge on any atom is -0.481 e. The monoisotopic (exact) mass is 364 g/mol. The molecule has 1 atom stereocenters. The van der Waals surface area contributed by atoms with Crippen LogP contribution in [-0.2, 0) is 9.59 Å². The summed E-state index contributed by atoms with van der Waals surface area (Å²) in [5.41, 5.74) is 0.679. The van der Waals surface area contributed by atoms with Crippen molar-refractivity contribution in [3.05, 3.63) is 64.7 Å². The largest absolute Gasteiger partial charge is 0.481 e. The molecular weight excluding hydrogens is 354 g/mol. The van der Waals surface area contributed by atoms with E-state index in [2.05, 4.69) is 5.10 Å². The van der Waals surface area contributed by atoms with Crippen LogP contribution in [0.2, 0.25) is 5.02 Å². The fourth-order valence-corrected chi connectivity index (χ4v) is 2.62. The number of hydrazone groups is 1. The zero-order valence-electron chi connectivity index (χ0n) is 12.6. The molecule has 0 bridgehead atoms. The van der Waals surface area contributed by atoms with Gasteiger partial charge in [-0.05, 0) is 29.8 Å². The first-order valence-electron chi connectivity index (χ1n) is 7.21. The third-order valence-electron chi connectivity index (χ3n) is 3.69. The minimum atomic E-state index is -1.41. The Hall–Kier alpha value is -2.80. The van der Waals surface area contributed by atoms with Crippen molar-refractivity contribution in [3.8, 4) is 0 Å². The van der Waals surface area contributed by atoms with E-state index < -0.39 is 29.4 Å². The highest BCUT2D eigenvalue weighted by molar-refractivity contribution is 6.30. The summed E-state index contributed by atoms with van der Waals surface area (Å²) < 4.78 is 26.9. The number of hydrogen-bond acceptors (Lipinski definition) is 3. The summed E-state index contributed by atoms with van der Waals surface area (Å²) in [4.78, 5) is 23.8. The van der Waals surface area contributed by atoms with Crippen LogP contribution in [0.25, 0.3) is 0 Å². The van der Waals surface area contributed by atoms with E-state index in [1.807, 2.05) is 0 Å². The number of hydrogen-bond donors (Lipinski definition) is 1. The van der Waals surface area contributed by atoms with E-state index >= 15 is 0 Å². The van der Waals surface area contributed by atoms with Crippen LogP contribution < -0.4 is 5.01 Å². The summed E-state index contributed by atoms with van der Waals surface area (Å²) in [7, 11) is 0. The van der Waals surface area contributed by atoms with E-state index in [1.54, 1.807) is 24.3 Å². The average Bonchev–Trinajstić information content (AvgIpc) is 2.54. The number of nitrogens with zero attached hydrogens (tertiary/aromatic N) is 2. The summed E-state index contributed by atoms with van der Waals surface area (Å²) in [6.45, 7) is 0. The van der Waals surface area contributed by atoms with Crippen LogP contribution in [-0.4, -0.2) is 22.7 Å². The van der Waals surface area contributed by atoms with Crippen molar-refractivity contribution in [3.63, 3.8) is 0 Å². The van der Waals surface area contributed by atoms with E-state index in [1.165, 1.54) is 0 Å². The van der Waals surface area contributed by atoms with E-state index in [-0.39, 0.29) is 12.1 Å². The van der Waals surface area contributed by atoms with Gasteiger partial charge in [-0.1, -0.05) is 23.7 Å². The first kappa shape index (κ1) is 17.0. The van der Waals surface area contributed by atoms with Gasteiger partial charge in [0.25, 0.3) is 5.91 Å². The van der Waals surface area contributed by atoms with Crippen LogP contribution in [0.15, 0.2) is 47.6 Å². The van der Waals surface area contributed by atoms with Crippen molar-refractivity contribution in [2.45, 2.75) is 6.42 Å². The fourth-order valence-electron chi connectivity index (χ4n) is 2.50. The molecule has 1 amide bonds. The molecule has 8 heteroatoms. The Morgan fingerprint density at radius 3 is 2.32 bits per heavy atom. The summed E-state index contributed by atoms with van der Waals surface area (Å²) in [6, 6.07) is 8.91. The van der Waals surface area contributed by atoms with Gasteiger partial charge < -0.3 is 5.11 Å². The average molecular weight is 365 g/mol. The molecule has 0 aliphatic carbocycles. The predicted molar refractivity (Wildman–Crippen MR) is 87.6 cm³/mol. The van der Waals surface area contributed by atoms with E-state index in [0.717, 1.165) is 17.1 Å². The van der Waals surface area contributed by atoms with Gasteiger partial charge in [-0.3, -0.25) is 9.59 Å². The summed E-state index contributed by atoms with van der Waals surface area (Å²) in [5, 5.41) is 14.6. The number of anilines is 1. The van der Waals surface area contributed by atoms with Crippen molar-refractivity contribution in [1.82, 2.24) is 0 Å². The zero-order valence-corrected chi connectivity index (χ0v) is 13.4. The quantitative estimate of drug-likeness (QED) is 0.848. The molecule has 0 radical (unpaired) electrons. The number of halogens is 3. The molecule has 0 spiro atoms. The number of rotatable bonds is 3. The maximum Gasteiger partial charge on any atom is 0.316 e. The Labute approximate surface area is 146 Å². The number of carbonyl (C=O) groups is 2.